The smallest absolute Gasteiger partial charge is 0.118 e. The lowest BCUT2D eigenvalue weighted by atomic mass is 10.1. The van der Waals surface area contributed by atoms with Crippen molar-refractivity contribution in [3.63, 3.8) is 0 Å². The first-order chi connectivity index (χ1) is 8.86. The van der Waals surface area contributed by atoms with Crippen LogP contribution in [0.4, 0.5) is 0 Å². The van der Waals surface area contributed by atoms with E-state index in [1.54, 1.807) is 7.11 Å². The van der Waals surface area contributed by atoms with Gasteiger partial charge in [-0.3, -0.25) is 0 Å². The molecule has 1 heteroatoms. The molecule has 0 aromatic heterocycles. The van der Waals surface area contributed by atoms with E-state index in [1.165, 1.54) is 22.3 Å². The van der Waals surface area contributed by atoms with Gasteiger partial charge in [0.1, 0.15) is 5.75 Å². The minimum Gasteiger partial charge on any atom is -0.497 e. The highest BCUT2D eigenvalue weighted by atomic mass is 16.5. The summed E-state index contributed by atoms with van der Waals surface area (Å²) in [6, 6.07) is 23.1. The molecule has 3 rings (SSSR count). The molecule has 0 bridgehead atoms. The predicted octanol–water partition coefficient (Wildman–Crippen LogP) is 4.47. The second kappa shape index (κ2) is 4.53. The number of fused-ring (bicyclic) bond motifs is 1. The van der Waals surface area contributed by atoms with Gasteiger partial charge in [0.25, 0.3) is 0 Å². The zero-order chi connectivity index (χ0) is 12.4. The summed E-state index contributed by atoms with van der Waals surface area (Å²) in [5, 5.41) is 0. The molecule has 0 amide bonds. The predicted molar refractivity (Wildman–Crippen MR) is 75.1 cm³/mol. The van der Waals surface area contributed by atoms with Crippen LogP contribution in [-0.2, 0) is 0 Å². The highest BCUT2D eigenvalue weighted by molar-refractivity contribution is 5.71. The van der Waals surface area contributed by atoms with Gasteiger partial charge in [0.05, 0.1) is 7.11 Å². The van der Waals surface area contributed by atoms with Crippen LogP contribution in [0.2, 0.25) is 0 Å². The van der Waals surface area contributed by atoms with Gasteiger partial charge in [0.15, 0.2) is 0 Å². The molecule has 0 atom stereocenters. The van der Waals surface area contributed by atoms with E-state index >= 15 is 0 Å². The van der Waals surface area contributed by atoms with Gasteiger partial charge in [-0.15, -0.1) is 0 Å². The standard InChI is InChI=1S/C17H14O/c1-18-17-11-9-16(10-12-17)15-7-5-13-3-2-4-14(13)6-8-15/h2-12H,1H3. The summed E-state index contributed by atoms with van der Waals surface area (Å²) >= 11 is 0. The highest BCUT2D eigenvalue weighted by Gasteiger charge is 2.01. The van der Waals surface area contributed by atoms with Crippen molar-refractivity contribution in [3.05, 3.63) is 66.7 Å². The fourth-order valence-corrected chi connectivity index (χ4v) is 2.14. The summed E-state index contributed by atoms with van der Waals surface area (Å²) in [6.45, 7) is 0. The minimum atomic E-state index is 0.887. The van der Waals surface area contributed by atoms with Crippen molar-refractivity contribution in [2.24, 2.45) is 0 Å². The third-order valence-corrected chi connectivity index (χ3v) is 3.19. The lowest BCUT2D eigenvalue weighted by Crippen LogP contribution is -1.81. The van der Waals surface area contributed by atoms with Crippen molar-refractivity contribution in [1.82, 2.24) is 0 Å². The molecule has 0 saturated carbocycles. The van der Waals surface area contributed by atoms with Gasteiger partial charge in [-0.05, 0) is 34.4 Å². The maximum absolute atomic E-state index is 5.17. The Balaban J connectivity index is 2.05. The molecule has 0 aliphatic heterocycles. The molecule has 0 saturated heterocycles. The van der Waals surface area contributed by atoms with Crippen molar-refractivity contribution in [3.8, 4) is 28.0 Å². The van der Waals surface area contributed by atoms with Crippen LogP contribution in [-0.4, -0.2) is 7.11 Å². The molecular weight excluding hydrogens is 220 g/mol. The Morgan fingerprint density at radius 1 is 0.556 bits per heavy atom. The van der Waals surface area contributed by atoms with Crippen molar-refractivity contribution in [2.75, 3.05) is 7.11 Å². The van der Waals surface area contributed by atoms with E-state index in [-0.39, 0.29) is 0 Å². The van der Waals surface area contributed by atoms with Crippen LogP contribution in [0.15, 0.2) is 66.7 Å². The molecule has 88 valence electrons. The van der Waals surface area contributed by atoms with Gasteiger partial charge < -0.3 is 4.74 Å². The zero-order valence-corrected chi connectivity index (χ0v) is 10.3. The first-order valence-electron chi connectivity index (χ1n) is 6.00. The number of hydrogen-bond donors (Lipinski definition) is 0. The SMILES string of the molecule is COc1ccc(-c2ccc3cccc-3cc2)cc1. The molecule has 1 aromatic carbocycles. The quantitative estimate of drug-likeness (QED) is 0.635. The van der Waals surface area contributed by atoms with E-state index < -0.39 is 0 Å². The summed E-state index contributed by atoms with van der Waals surface area (Å²) in [5.41, 5.74) is 4.96. The molecular formula is C17H14O. The van der Waals surface area contributed by atoms with Crippen LogP contribution in [0.3, 0.4) is 0 Å². The van der Waals surface area contributed by atoms with Crippen molar-refractivity contribution >= 4 is 0 Å². The van der Waals surface area contributed by atoms with Gasteiger partial charge in [-0.1, -0.05) is 54.6 Å². The molecule has 1 aromatic rings. The Morgan fingerprint density at radius 3 is 1.39 bits per heavy atom. The van der Waals surface area contributed by atoms with Gasteiger partial charge in [-0.25, -0.2) is 0 Å². The number of benzene rings is 1. The molecule has 2 aliphatic carbocycles. The Hall–Kier alpha value is -2.28. The molecule has 0 fully saturated rings. The lowest BCUT2D eigenvalue weighted by Gasteiger charge is -2.01. The lowest BCUT2D eigenvalue weighted by molar-refractivity contribution is 0.415. The van der Waals surface area contributed by atoms with Crippen LogP contribution in [0.1, 0.15) is 0 Å². The van der Waals surface area contributed by atoms with E-state index in [9.17, 15) is 0 Å². The molecule has 1 nitrogen and oxygen atoms in total. The van der Waals surface area contributed by atoms with Gasteiger partial charge >= 0.3 is 0 Å². The van der Waals surface area contributed by atoms with E-state index in [4.69, 9.17) is 4.74 Å². The normalized spacial score (nSPS) is 10.5. The number of ether oxygens (including phenoxy) is 1. The average molecular weight is 234 g/mol. The Morgan fingerprint density at radius 2 is 0.944 bits per heavy atom. The minimum absolute atomic E-state index is 0.887. The molecule has 2 aliphatic rings. The van der Waals surface area contributed by atoms with Crippen LogP contribution in [0.5, 0.6) is 5.75 Å². The molecule has 0 spiro atoms. The second-order valence-electron chi connectivity index (χ2n) is 4.29. The topological polar surface area (TPSA) is 9.23 Å². The first kappa shape index (κ1) is 10.8. The van der Waals surface area contributed by atoms with Crippen molar-refractivity contribution in [1.29, 1.82) is 0 Å². The molecule has 0 heterocycles. The van der Waals surface area contributed by atoms with E-state index in [1.807, 2.05) is 12.1 Å². The summed E-state index contributed by atoms with van der Waals surface area (Å²) < 4.78 is 5.17. The fraction of sp³-hybridized carbons (Fsp3) is 0.0588. The molecule has 18 heavy (non-hydrogen) atoms. The molecule has 0 unspecified atom stereocenters. The van der Waals surface area contributed by atoms with Crippen molar-refractivity contribution < 1.29 is 4.74 Å². The monoisotopic (exact) mass is 234 g/mol. The first-order valence-corrected chi connectivity index (χ1v) is 6.00. The van der Waals surface area contributed by atoms with Crippen molar-refractivity contribution in [2.45, 2.75) is 0 Å². The summed E-state index contributed by atoms with van der Waals surface area (Å²) in [6.07, 6.45) is 0. The zero-order valence-electron chi connectivity index (χ0n) is 10.3. The highest BCUT2D eigenvalue weighted by Crippen LogP contribution is 2.26. The van der Waals surface area contributed by atoms with Gasteiger partial charge in [-0.2, -0.15) is 0 Å². The van der Waals surface area contributed by atoms with Crippen LogP contribution in [0, 0.1) is 0 Å². The van der Waals surface area contributed by atoms with Gasteiger partial charge in [0.2, 0.25) is 0 Å². The van der Waals surface area contributed by atoms with Crippen LogP contribution in [0.25, 0.3) is 22.3 Å². The largest absolute Gasteiger partial charge is 0.497 e. The Labute approximate surface area is 107 Å². The average Bonchev–Trinajstić information content (AvgIpc) is 2.78. The number of methoxy groups -OCH3 is 1. The maximum Gasteiger partial charge on any atom is 0.118 e. The van der Waals surface area contributed by atoms with E-state index in [0.29, 0.717) is 0 Å². The molecule has 0 radical (unpaired) electrons. The maximum atomic E-state index is 5.17. The summed E-state index contributed by atoms with van der Waals surface area (Å²) in [5.74, 6) is 0.887. The van der Waals surface area contributed by atoms with Crippen LogP contribution < -0.4 is 4.74 Å². The van der Waals surface area contributed by atoms with E-state index in [2.05, 4.69) is 54.6 Å². The number of hydrogen-bond acceptors (Lipinski definition) is 1. The Kier molecular flexibility index (Phi) is 2.73. The third kappa shape index (κ3) is 1.95. The van der Waals surface area contributed by atoms with E-state index in [0.717, 1.165) is 5.75 Å². The second-order valence-corrected chi connectivity index (χ2v) is 4.29. The van der Waals surface area contributed by atoms with Crippen LogP contribution >= 0.6 is 0 Å². The third-order valence-electron chi connectivity index (χ3n) is 3.19. The fourth-order valence-electron chi connectivity index (χ4n) is 2.14. The Bertz CT molecular complexity index is 595. The number of rotatable bonds is 2. The summed E-state index contributed by atoms with van der Waals surface area (Å²) in [7, 11) is 1.68. The molecule has 0 N–H and O–H groups in total. The summed E-state index contributed by atoms with van der Waals surface area (Å²) in [4.78, 5) is 0. The van der Waals surface area contributed by atoms with Gasteiger partial charge in [0, 0.05) is 0 Å².